The Kier molecular flexibility index (Phi) is 12.1. The molecule has 2 nitrogen and oxygen atoms in total. The maximum Gasteiger partial charge on any atom is 0.183 e. The predicted molar refractivity (Wildman–Crippen MR) is 161 cm³/mol. The molecule has 0 atom stereocenters. The van der Waals surface area contributed by atoms with Crippen molar-refractivity contribution in [2.45, 2.75) is 84.3 Å². The maximum atomic E-state index is 15.1. The highest BCUT2D eigenvalue weighted by atomic mass is 19.2. The predicted octanol–water partition coefficient (Wildman–Crippen LogP) is 10.7. The minimum absolute atomic E-state index is 0.212. The summed E-state index contributed by atoms with van der Waals surface area (Å²) in [5.74, 6) is -1.64. The van der Waals surface area contributed by atoms with Gasteiger partial charge in [-0.25, -0.2) is 13.2 Å². The molecule has 0 aromatic heterocycles. The van der Waals surface area contributed by atoms with Crippen molar-refractivity contribution in [1.29, 1.82) is 0 Å². The minimum atomic E-state index is -0.828. The van der Waals surface area contributed by atoms with Crippen molar-refractivity contribution >= 4 is 0 Å². The van der Waals surface area contributed by atoms with Gasteiger partial charge < -0.3 is 9.47 Å². The monoisotopic (exact) mass is 564 g/mol. The van der Waals surface area contributed by atoms with Crippen LogP contribution in [0.3, 0.4) is 0 Å². The molecule has 0 bridgehead atoms. The molecule has 5 heteroatoms. The van der Waals surface area contributed by atoms with Crippen LogP contribution in [0, 0.1) is 23.4 Å². The van der Waals surface area contributed by atoms with Gasteiger partial charge in [-0.15, -0.1) is 0 Å². The maximum absolute atomic E-state index is 15.1. The van der Waals surface area contributed by atoms with Crippen molar-refractivity contribution in [1.82, 2.24) is 0 Å². The lowest BCUT2D eigenvalue weighted by Crippen LogP contribution is -2.27. The third kappa shape index (κ3) is 8.56. The van der Waals surface area contributed by atoms with Crippen LogP contribution in [0.4, 0.5) is 13.2 Å². The molecule has 1 saturated heterocycles. The molecule has 0 spiro atoms. The second-order valence-corrected chi connectivity index (χ2v) is 11.1. The summed E-state index contributed by atoms with van der Waals surface area (Å²) in [5.41, 5.74) is 2.92. The van der Waals surface area contributed by atoms with Crippen LogP contribution in [0.1, 0.15) is 89.1 Å². The van der Waals surface area contributed by atoms with E-state index in [2.05, 4.69) is 13.0 Å². The second kappa shape index (κ2) is 15.9. The van der Waals surface area contributed by atoms with E-state index in [9.17, 15) is 4.39 Å². The normalized spacial score (nSPS) is 17.4. The van der Waals surface area contributed by atoms with Crippen LogP contribution < -0.4 is 0 Å². The fourth-order valence-corrected chi connectivity index (χ4v) is 5.42. The van der Waals surface area contributed by atoms with Crippen LogP contribution in [-0.4, -0.2) is 13.2 Å². The fourth-order valence-electron chi connectivity index (χ4n) is 5.42. The lowest BCUT2D eigenvalue weighted by atomic mass is 9.96. The molecule has 3 aromatic carbocycles. The fraction of sp³-hybridized carbons (Fsp3) is 0.444. The summed E-state index contributed by atoms with van der Waals surface area (Å²) in [6.07, 6.45) is 14.1. The van der Waals surface area contributed by atoms with E-state index >= 15 is 8.78 Å². The zero-order valence-electron chi connectivity index (χ0n) is 24.4. The van der Waals surface area contributed by atoms with E-state index in [4.69, 9.17) is 9.47 Å². The first kappa shape index (κ1) is 31.1. The molecule has 41 heavy (non-hydrogen) atoms. The van der Waals surface area contributed by atoms with Crippen molar-refractivity contribution < 1.29 is 22.6 Å². The molecule has 0 unspecified atom stereocenters. The number of aryl methyl sites for hydroxylation is 1. The van der Waals surface area contributed by atoms with Crippen molar-refractivity contribution in [2.75, 3.05) is 13.2 Å². The second-order valence-electron chi connectivity index (χ2n) is 11.1. The number of allylic oxidation sites excluding steroid dienone is 2. The largest absolute Gasteiger partial charge is 0.348 e. The van der Waals surface area contributed by atoms with Crippen LogP contribution in [0.15, 0.2) is 66.7 Å². The summed E-state index contributed by atoms with van der Waals surface area (Å²) in [6.45, 7) is 5.38. The van der Waals surface area contributed by atoms with Gasteiger partial charge in [0.1, 0.15) is 5.82 Å². The van der Waals surface area contributed by atoms with Crippen molar-refractivity contribution in [3.8, 4) is 22.3 Å². The molecule has 0 aliphatic carbocycles. The Morgan fingerprint density at radius 1 is 0.756 bits per heavy atom. The van der Waals surface area contributed by atoms with E-state index in [1.807, 2.05) is 19.1 Å². The van der Waals surface area contributed by atoms with Crippen molar-refractivity contribution in [3.63, 3.8) is 0 Å². The molecule has 0 saturated carbocycles. The highest BCUT2D eigenvalue weighted by molar-refractivity contribution is 5.71. The van der Waals surface area contributed by atoms with Gasteiger partial charge in [-0.3, -0.25) is 0 Å². The van der Waals surface area contributed by atoms with Crippen LogP contribution in [0.5, 0.6) is 0 Å². The lowest BCUT2D eigenvalue weighted by Gasteiger charge is -2.29. The molecular formula is C36H43F3O2. The zero-order valence-corrected chi connectivity index (χ0v) is 24.4. The third-order valence-electron chi connectivity index (χ3n) is 7.93. The Labute approximate surface area is 243 Å². The molecule has 0 radical (unpaired) electrons. The summed E-state index contributed by atoms with van der Waals surface area (Å²) in [4.78, 5) is 0. The number of benzene rings is 3. The minimum Gasteiger partial charge on any atom is -0.348 e. The molecule has 0 amide bonds. The molecule has 1 aliphatic heterocycles. The van der Waals surface area contributed by atoms with Crippen LogP contribution in [0.25, 0.3) is 22.3 Å². The van der Waals surface area contributed by atoms with E-state index in [1.165, 1.54) is 31.7 Å². The first-order valence-electron chi connectivity index (χ1n) is 15.2. The van der Waals surface area contributed by atoms with Gasteiger partial charge >= 0.3 is 0 Å². The van der Waals surface area contributed by atoms with Gasteiger partial charge in [0.15, 0.2) is 17.9 Å². The summed E-state index contributed by atoms with van der Waals surface area (Å²) in [7, 11) is 0. The highest BCUT2D eigenvalue weighted by Gasteiger charge is 2.24. The summed E-state index contributed by atoms with van der Waals surface area (Å²) < 4.78 is 56.7. The molecule has 1 aliphatic rings. The SMILES string of the molecule is C/C=C/CCC1COC(c2ccc(-c3ccc(-c4ccc(CCCCCCCCC)c(F)c4F)cc3)c(F)c2)OC1. The molecule has 0 N–H and O–H groups in total. The average molecular weight is 565 g/mol. The van der Waals surface area contributed by atoms with E-state index in [1.54, 1.807) is 42.5 Å². The van der Waals surface area contributed by atoms with Gasteiger partial charge in [-0.05, 0) is 55.4 Å². The van der Waals surface area contributed by atoms with Gasteiger partial charge in [0.25, 0.3) is 0 Å². The average Bonchev–Trinajstić information content (AvgIpc) is 2.99. The van der Waals surface area contributed by atoms with Crippen LogP contribution in [0.2, 0.25) is 0 Å². The Bertz CT molecular complexity index is 1260. The Hall–Kier alpha value is -2.89. The first-order valence-corrected chi connectivity index (χ1v) is 15.2. The molecule has 1 fully saturated rings. The lowest BCUT2D eigenvalue weighted by molar-refractivity contribution is -0.205. The number of hydrogen-bond donors (Lipinski definition) is 0. The molecule has 4 rings (SSSR count). The number of rotatable bonds is 14. The number of ether oxygens (including phenoxy) is 2. The quantitative estimate of drug-likeness (QED) is 0.143. The van der Waals surface area contributed by atoms with Crippen LogP contribution in [-0.2, 0) is 15.9 Å². The number of unbranched alkanes of at least 4 members (excludes halogenated alkanes) is 6. The Morgan fingerprint density at radius 2 is 1.39 bits per heavy atom. The molecule has 1 heterocycles. The standard InChI is InChI=1S/C36H43F3O2/c1-3-5-7-8-9-10-12-14-29-19-22-32(35(39)34(29)38)28-17-15-27(16-18-28)31-21-20-30(23-33(31)37)36-40-24-26(25-41-36)13-11-6-4-2/h4,6,15-23,26,36H,3,5,7-14,24-25H2,1-2H3/b6-4+. The summed E-state index contributed by atoms with van der Waals surface area (Å²) in [6, 6.07) is 15.2. The molecule has 3 aromatic rings. The van der Waals surface area contributed by atoms with E-state index in [-0.39, 0.29) is 11.4 Å². The van der Waals surface area contributed by atoms with Crippen LogP contribution >= 0.6 is 0 Å². The first-order chi connectivity index (χ1) is 20.0. The number of hydrogen-bond acceptors (Lipinski definition) is 2. The summed E-state index contributed by atoms with van der Waals surface area (Å²) in [5, 5.41) is 0. The Morgan fingerprint density at radius 3 is 2.05 bits per heavy atom. The van der Waals surface area contributed by atoms with Gasteiger partial charge in [-0.1, -0.05) is 106 Å². The van der Waals surface area contributed by atoms with E-state index in [0.717, 1.165) is 32.1 Å². The van der Waals surface area contributed by atoms with Gasteiger partial charge in [0.2, 0.25) is 0 Å². The third-order valence-corrected chi connectivity index (χ3v) is 7.93. The van der Waals surface area contributed by atoms with E-state index < -0.39 is 17.9 Å². The molecule has 220 valence electrons. The molecular weight excluding hydrogens is 521 g/mol. The topological polar surface area (TPSA) is 18.5 Å². The highest BCUT2D eigenvalue weighted by Crippen LogP contribution is 2.33. The summed E-state index contributed by atoms with van der Waals surface area (Å²) >= 11 is 0. The zero-order chi connectivity index (χ0) is 29.0. The smallest absolute Gasteiger partial charge is 0.183 e. The van der Waals surface area contributed by atoms with E-state index in [0.29, 0.717) is 53.4 Å². The Balaban J connectivity index is 1.35. The van der Waals surface area contributed by atoms with Crippen molar-refractivity contribution in [3.05, 3.63) is 95.3 Å². The van der Waals surface area contributed by atoms with Gasteiger partial charge in [0, 0.05) is 22.6 Å². The van der Waals surface area contributed by atoms with Gasteiger partial charge in [0.05, 0.1) is 13.2 Å². The van der Waals surface area contributed by atoms with Gasteiger partial charge in [-0.2, -0.15) is 0 Å². The van der Waals surface area contributed by atoms with Crippen molar-refractivity contribution in [2.24, 2.45) is 5.92 Å². The number of halogens is 3.